The summed E-state index contributed by atoms with van der Waals surface area (Å²) in [5, 5.41) is 11.0. The highest BCUT2D eigenvalue weighted by Gasteiger charge is 2.18. The van der Waals surface area contributed by atoms with Crippen LogP contribution in [0, 0.1) is 0 Å². The fraction of sp³-hybridized carbons (Fsp3) is 1.00. The van der Waals surface area contributed by atoms with Gasteiger partial charge in [-0.3, -0.25) is 4.90 Å². The molecule has 0 aromatic carbocycles. The Morgan fingerprint density at radius 1 is 1.50 bits per heavy atom. The van der Waals surface area contributed by atoms with Crippen molar-refractivity contribution in [1.82, 2.24) is 4.90 Å². The molecular weight excluding hydrogens is 102 g/mol. The smallest absolute Gasteiger partial charge is 0.150 e. The standard InChI is InChI=1S/C6H14NO/c1-5-7(4)6(2,3)8/h5H2,1-4H3. The second-order valence-corrected chi connectivity index (χ2v) is 2.46. The Labute approximate surface area is 51.1 Å². The normalized spacial score (nSPS) is 12.8. The average Bonchev–Trinajstić information content (AvgIpc) is 1.62. The number of nitrogens with zero attached hydrogens (tertiary/aromatic N) is 1. The van der Waals surface area contributed by atoms with Crippen LogP contribution in [-0.4, -0.2) is 24.2 Å². The molecule has 0 spiro atoms. The number of rotatable bonds is 2. The molecule has 0 saturated carbocycles. The van der Waals surface area contributed by atoms with E-state index in [-0.39, 0.29) is 0 Å². The van der Waals surface area contributed by atoms with Crippen molar-refractivity contribution >= 4 is 0 Å². The zero-order valence-corrected chi connectivity index (χ0v) is 6.06. The molecule has 0 bridgehead atoms. The Bertz CT molecular complexity index is 65.4. The molecular formula is C6H14NO. The molecule has 0 fully saturated rings. The summed E-state index contributed by atoms with van der Waals surface area (Å²) in [5.74, 6) is 0. The van der Waals surface area contributed by atoms with E-state index in [0.717, 1.165) is 6.54 Å². The SMILES string of the molecule is CCN(C)C(C)(C)[O]. The van der Waals surface area contributed by atoms with Crippen molar-refractivity contribution in [2.24, 2.45) is 0 Å². The summed E-state index contributed by atoms with van der Waals surface area (Å²) in [5.41, 5.74) is -0.908. The minimum absolute atomic E-state index is 0.816. The van der Waals surface area contributed by atoms with Crippen molar-refractivity contribution in [3.05, 3.63) is 0 Å². The monoisotopic (exact) mass is 116 g/mol. The van der Waals surface area contributed by atoms with Gasteiger partial charge in [-0.15, -0.1) is 0 Å². The van der Waals surface area contributed by atoms with Gasteiger partial charge >= 0.3 is 0 Å². The van der Waals surface area contributed by atoms with Crippen molar-refractivity contribution in [2.45, 2.75) is 26.5 Å². The van der Waals surface area contributed by atoms with Gasteiger partial charge in [0, 0.05) is 0 Å². The zero-order chi connectivity index (χ0) is 6.78. The maximum atomic E-state index is 11.0. The molecule has 0 aliphatic heterocycles. The van der Waals surface area contributed by atoms with E-state index in [2.05, 4.69) is 0 Å². The van der Waals surface area contributed by atoms with Crippen LogP contribution in [0.5, 0.6) is 0 Å². The molecule has 8 heavy (non-hydrogen) atoms. The topological polar surface area (TPSA) is 23.1 Å². The molecule has 0 saturated heterocycles. The summed E-state index contributed by atoms with van der Waals surface area (Å²) in [6.07, 6.45) is 0. The van der Waals surface area contributed by atoms with Gasteiger partial charge in [0.25, 0.3) is 0 Å². The van der Waals surface area contributed by atoms with Crippen LogP contribution in [0.3, 0.4) is 0 Å². The summed E-state index contributed by atoms with van der Waals surface area (Å²) in [6, 6.07) is 0. The lowest BCUT2D eigenvalue weighted by molar-refractivity contribution is -0.113. The van der Waals surface area contributed by atoms with Gasteiger partial charge in [0.15, 0.2) is 5.72 Å². The van der Waals surface area contributed by atoms with Gasteiger partial charge in [0.05, 0.1) is 0 Å². The lowest BCUT2D eigenvalue weighted by atomic mass is 10.3. The fourth-order valence-corrected chi connectivity index (χ4v) is 0.381. The maximum absolute atomic E-state index is 11.0. The summed E-state index contributed by atoms with van der Waals surface area (Å²) in [4.78, 5) is 1.76. The van der Waals surface area contributed by atoms with E-state index in [1.165, 1.54) is 0 Å². The van der Waals surface area contributed by atoms with E-state index in [1.54, 1.807) is 18.7 Å². The van der Waals surface area contributed by atoms with Crippen molar-refractivity contribution < 1.29 is 5.11 Å². The second kappa shape index (κ2) is 2.46. The van der Waals surface area contributed by atoms with Crippen LogP contribution in [0.1, 0.15) is 20.8 Å². The molecule has 0 unspecified atom stereocenters. The first-order chi connectivity index (χ1) is 3.48. The highest BCUT2D eigenvalue weighted by Crippen LogP contribution is 2.05. The Morgan fingerprint density at radius 3 is 1.88 bits per heavy atom. The van der Waals surface area contributed by atoms with Gasteiger partial charge in [-0.2, -0.15) is 0 Å². The van der Waals surface area contributed by atoms with Crippen molar-refractivity contribution in [3.63, 3.8) is 0 Å². The Kier molecular flexibility index (Phi) is 2.44. The minimum atomic E-state index is -0.908. The molecule has 0 amide bonds. The molecule has 0 aromatic heterocycles. The Morgan fingerprint density at radius 2 is 1.88 bits per heavy atom. The van der Waals surface area contributed by atoms with E-state index in [9.17, 15) is 5.11 Å². The van der Waals surface area contributed by atoms with Gasteiger partial charge in [-0.05, 0) is 27.4 Å². The van der Waals surface area contributed by atoms with E-state index in [0.29, 0.717) is 0 Å². The van der Waals surface area contributed by atoms with E-state index in [4.69, 9.17) is 0 Å². The Hall–Kier alpha value is -0.0800. The van der Waals surface area contributed by atoms with Gasteiger partial charge in [-0.25, -0.2) is 5.11 Å². The zero-order valence-electron chi connectivity index (χ0n) is 6.06. The van der Waals surface area contributed by atoms with E-state index >= 15 is 0 Å². The van der Waals surface area contributed by atoms with E-state index in [1.807, 2.05) is 14.0 Å². The first kappa shape index (κ1) is 7.92. The van der Waals surface area contributed by atoms with Crippen molar-refractivity contribution in [1.29, 1.82) is 0 Å². The average molecular weight is 116 g/mol. The minimum Gasteiger partial charge on any atom is -0.277 e. The van der Waals surface area contributed by atoms with Gasteiger partial charge in [0.2, 0.25) is 0 Å². The van der Waals surface area contributed by atoms with Crippen LogP contribution in [0.2, 0.25) is 0 Å². The summed E-state index contributed by atoms with van der Waals surface area (Å²) < 4.78 is 0. The van der Waals surface area contributed by atoms with Gasteiger partial charge in [-0.1, -0.05) is 6.92 Å². The molecule has 0 atom stereocenters. The highest BCUT2D eigenvalue weighted by molar-refractivity contribution is 4.61. The quantitative estimate of drug-likeness (QED) is 0.495. The maximum Gasteiger partial charge on any atom is 0.150 e. The molecule has 2 heteroatoms. The van der Waals surface area contributed by atoms with Crippen molar-refractivity contribution in [2.75, 3.05) is 13.6 Å². The summed E-state index contributed by atoms with van der Waals surface area (Å²) in [7, 11) is 1.83. The third-order valence-corrected chi connectivity index (χ3v) is 1.39. The third-order valence-electron chi connectivity index (χ3n) is 1.39. The van der Waals surface area contributed by atoms with Crippen LogP contribution >= 0.6 is 0 Å². The molecule has 49 valence electrons. The summed E-state index contributed by atoms with van der Waals surface area (Å²) in [6.45, 7) is 6.11. The predicted octanol–water partition coefficient (Wildman–Crippen LogP) is 1.10. The number of hydrogen-bond acceptors (Lipinski definition) is 1. The molecule has 0 heterocycles. The molecule has 0 aromatic rings. The number of hydrogen-bond donors (Lipinski definition) is 0. The molecule has 0 N–H and O–H groups in total. The molecule has 0 aliphatic rings. The lowest BCUT2D eigenvalue weighted by Gasteiger charge is -2.25. The second-order valence-electron chi connectivity index (χ2n) is 2.46. The molecule has 0 rings (SSSR count). The predicted molar refractivity (Wildman–Crippen MR) is 33.1 cm³/mol. The highest BCUT2D eigenvalue weighted by atomic mass is 16.3. The first-order valence-electron chi connectivity index (χ1n) is 2.90. The molecule has 1 radical (unpaired) electrons. The van der Waals surface area contributed by atoms with Crippen LogP contribution < -0.4 is 0 Å². The van der Waals surface area contributed by atoms with Crippen LogP contribution in [-0.2, 0) is 5.11 Å². The molecule has 0 aliphatic carbocycles. The molecule has 2 nitrogen and oxygen atoms in total. The third kappa shape index (κ3) is 2.28. The van der Waals surface area contributed by atoms with Gasteiger partial charge < -0.3 is 0 Å². The van der Waals surface area contributed by atoms with Gasteiger partial charge in [0.1, 0.15) is 0 Å². The first-order valence-corrected chi connectivity index (χ1v) is 2.90. The van der Waals surface area contributed by atoms with Crippen LogP contribution in [0.25, 0.3) is 0 Å². The van der Waals surface area contributed by atoms with Crippen LogP contribution in [0.4, 0.5) is 0 Å². The van der Waals surface area contributed by atoms with Crippen LogP contribution in [0.15, 0.2) is 0 Å². The largest absolute Gasteiger partial charge is 0.277 e. The van der Waals surface area contributed by atoms with Crippen molar-refractivity contribution in [3.8, 4) is 0 Å². The Balaban J connectivity index is 3.62. The lowest BCUT2D eigenvalue weighted by Crippen LogP contribution is -2.39. The van der Waals surface area contributed by atoms with E-state index < -0.39 is 5.72 Å². The summed E-state index contributed by atoms with van der Waals surface area (Å²) >= 11 is 0. The fourth-order valence-electron chi connectivity index (χ4n) is 0.381.